The summed E-state index contributed by atoms with van der Waals surface area (Å²) >= 11 is 0. The van der Waals surface area contributed by atoms with E-state index in [9.17, 15) is 5.11 Å². The summed E-state index contributed by atoms with van der Waals surface area (Å²) in [5, 5.41) is 21.3. The van der Waals surface area contributed by atoms with E-state index in [0.717, 1.165) is 32.5 Å². The highest BCUT2D eigenvalue weighted by Gasteiger charge is 2.40. The lowest BCUT2D eigenvalue weighted by Gasteiger charge is -2.37. The molecule has 3 atom stereocenters. The van der Waals surface area contributed by atoms with Crippen molar-refractivity contribution in [3.63, 3.8) is 0 Å². The Bertz CT molecular complexity index is 218. The Morgan fingerprint density at radius 3 is 3.00 bits per heavy atom. The molecule has 0 amide bonds. The molecule has 2 saturated heterocycles. The summed E-state index contributed by atoms with van der Waals surface area (Å²) < 4.78 is 11.2. The van der Waals surface area contributed by atoms with Gasteiger partial charge in [-0.25, -0.2) is 0 Å². The molecule has 0 radical (unpaired) electrons. The zero-order valence-corrected chi connectivity index (χ0v) is 9.52. The minimum Gasteiger partial charge on any atom is -0.394 e. The number of rotatable bonds is 4. The monoisotopic (exact) mass is 231 g/mol. The van der Waals surface area contributed by atoms with E-state index in [1.165, 1.54) is 0 Å². The first-order chi connectivity index (χ1) is 7.74. The smallest absolute Gasteiger partial charge is 0.0951 e. The third-order valence-electron chi connectivity index (χ3n) is 3.41. The highest BCUT2D eigenvalue weighted by molar-refractivity contribution is 4.92. The SMILES string of the molecule is OCC(O)CNC1CCOC2(CCOC2)C1. The van der Waals surface area contributed by atoms with Gasteiger partial charge >= 0.3 is 0 Å². The molecule has 3 unspecified atom stereocenters. The average Bonchev–Trinajstić information content (AvgIpc) is 2.74. The van der Waals surface area contributed by atoms with Crippen LogP contribution in [0.3, 0.4) is 0 Å². The van der Waals surface area contributed by atoms with E-state index < -0.39 is 6.10 Å². The zero-order chi connectivity index (χ0) is 11.4. The number of aliphatic hydroxyl groups is 2. The molecule has 2 aliphatic rings. The van der Waals surface area contributed by atoms with Gasteiger partial charge in [0.25, 0.3) is 0 Å². The van der Waals surface area contributed by atoms with Crippen LogP contribution < -0.4 is 5.32 Å². The molecule has 0 saturated carbocycles. The fraction of sp³-hybridized carbons (Fsp3) is 1.00. The molecule has 2 aliphatic heterocycles. The number of aliphatic hydroxyl groups excluding tert-OH is 2. The molecule has 0 bridgehead atoms. The van der Waals surface area contributed by atoms with Crippen LogP contribution in [0.15, 0.2) is 0 Å². The molecule has 0 aromatic heterocycles. The van der Waals surface area contributed by atoms with Crippen molar-refractivity contribution >= 4 is 0 Å². The van der Waals surface area contributed by atoms with E-state index in [2.05, 4.69) is 5.32 Å². The van der Waals surface area contributed by atoms with Gasteiger partial charge in [0.05, 0.1) is 24.9 Å². The number of hydrogen-bond acceptors (Lipinski definition) is 5. The van der Waals surface area contributed by atoms with Crippen LogP contribution in [0, 0.1) is 0 Å². The minimum absolute atomic E-state index is 0.0971. The second-order valence-electron chi connectivity index (χ2n) is 4.77. The summed E-state index contributed by atoms with van der Waals surface area (Å²) in [5.41, 5.74) is -0.0971. The molecule has 16 heavy (non-hydrogen) atoms. The molecule has 5 heteroatoms. The van der Waals surface area contributed by atoms with Gasteiger partial charge < -0.3 is 25.0 Å². The summed E-state index contributed by atoms with van der Waals surface area (Å²) in [4.78, 5) is 0. The van der Waals surface area contributed by atoms with Crippen LogP contribution in [0.1, 0.15) is 19.3 Å². The van der Waals surface area contributed by atoms with E-state index in [1.54, 1.807) is 0 Å². The lowest BCUT2D eigenvalue weighted by molar-refractivity contribution is -0.0902. The van der Waals surface area contributed by atoms with Crippen LogP contribution in [0.2, 0.25) is 0 Å². The van der Waals surface area contributed by atoms with Gasteiger partial charge in [-0.1, -0.05) is 0 Å². The van der Waals surface area contributed by atoms with E-state index in [-0.39, 0.29) is 12.2 Å². The molecule has 0 aromatic carbocycles. The Labute approximate surface area is 95.7 Å². The highest BCUT2D eigenvalue weighted by Crippen LogP contribution is 2.32. The van der Waals surface area contributed by atoms with Crippen LogP contribution >= 0.6 is 0 Å². The van der Waals surface area contributed by atoms with Crippen molar-refractivity contribution in [1.82, 2.24) is 5.32 Å². The number of hydrogen-bond donors (Lipinski definition) is 3. The van der Waals surface area contributed by atoms with Crippen molar-refractivity contribution in [2.45, 2.75) is 37.0 Å². The first-order valence-electron chi connectivity index (χ1n) is 5.98. The third-order valence-corrected chi connectivity index (χ3v) is 3.41. The van der Waals surface area contributed by atoms with Gasteiger partial charge in [-0.05, 0) is 12.8 Å². The van der Waals surface area contributed by atoms with Gasteiger partial charge in [0.2, 0.25) is 0 Å². The van der Waals surface area contributed by atoms with E-state index in [0.29, 0.717) is 19.2 Å². The second kappa shape index (κ2) is 5.42. The Hall–Kier alpha value is -0.200. The summed E-state index contributed by atoms with van der Waals surface area (Å²) in [5.74, 6) is 0. The topological polar surface area (TPSA) is 71.0 Å². The maximum atomic E-state index is 9.28. The molecular formula is C11H21NO4. The fourth-order valence-electron chi connectivity index (χ4n) is 2.43. The maximum absolute atomic E-state index is 9.28. The average molecular weight is 231 g/mol. The molecule has 2 rings (SSSR count). The van der Waals surface area contributed by atoms with E-state index in [4.69, 9.17) is 14.6 Å². The zero-order valence-electron chi connectivity index (χ0n) is 9.52. The Balaban J connectivity index is 1.78. The van der Waals surface area contributed by atoms with Crippen molar-refractivity contribution in [2.24, 2.45) is 0 Å². The molecule has 5 nitrogen and oxygen atoms in total. The largest absolute Gasteiger partial charge is 0.394 e. The molecule has 0 aliphatic carbocycles. The minimum atomic E-state index is -0.668. The Morgan fingerprint density at radius 1 is 1.44 bits per heavy atom. The van der Waals surface area contributed by atoms with Gasteiger partial charge in [0.1, 0.15) is 0 Å². The quantitative estimate of drug-likeness (QED) is 0.595. The lowest BCUT2D eigenvalue weighted by Crippen LogP contribution is -2.49. The van der Waals surface area contributed by atoms with Gasteiger partial charge in [-0.15, -0.1) is 0 Å². The molecular weight excluding hydrogens is 210 g/mol. The van der Waals surface area contributed by atoms with Crippen LogP contribution in [-0.4, -0.2) is 60.9 Å². The predicted octanol–water partition coefficient (Wildman–Crippen LogP) is -0.733. The Kier molecular flexibility index (Phi) is 4.16. The summed E-state index contributed by atoms with van der Waals surface area (Å²) in [6.07, 6.45) is 2.19. The van der Waals surface area contributed by atoms with Gasteiger partial charge in [-0.3, -0.25) is 0 Å². The second-order valence-corrected chi connectivity index (χ2v) is 4.77. The van der Waals surface area contributed by atoms with Crippen LogP contribution in [0.25, 0.3) is 0 Å². The molecule has 1 spiro atoms. The summed E-state index contributed by atoms with van der Waals surface area (Å²) in [6.45, 7) is 2.47. The van der Waals surface area contributed by atoms with E-state index in [1.807, 2.05) is 0 Å². The van der Waals surface area contributed by atoms with Gasteiger partial charge in [-0.2, -0.15) is 0 Å². The standard InChI is InChI=1S/C11H21NO4/c13-7-10(14)6-12-9-1-3-16-11(5-9)2-4-15-8-11/h9-10,12-14H,1-8H2. The van der Waals surface area contributed by atoms with Crippen molar-refractivity contribution in [2.75, 3.05) is 33.0 Å². The maximum Gasteiger partial charge on any atom is 0.0951 e. The normalized spacial score (nSPS) is 36.8. The van der Waals surface area contributed by atoms with Crippen molar-refractivity contribution < 1.29 is 19.7 Å². The number of nitrogens with one attached hydrogen (secondary N) is 1. The highest BCUT2D eigenvalue weighted by atomic mass is 16.6. The fourth-order valence-corrected chi connectivity index (χ4v) is 2.43. The molecule has 3 N–H and O–H groups in total. The van der Waals surface area contributed by atoms with Crippen LogP contribution in [0.5, 0.6) is 0 Å². The van der Waals surface area contributed by atoms with Gasteiger partial charge in [0, 0.05) is 32.2 Å². The third kappa shape index (κ3) is 2.93. The van der Waals surface area contributed by atoms with Crippen molar-refractivity contribution in [3.05, 3.63) is 0 Å². The predicted molar refractivity (Wildman–Crippen MR) is 58.2 cm³/mol. The van der Waals surface area contributed by atoms with E-state index >= 15 is 0 Å². The Morgan fingerprint density at radius 2 is 2.31 bits per heavy atom. The van der Waals surface area contributed by atoms with Crippen molar-refractivity contribution in [1.29, 1.82) is 0 Å². The lowest BCUT2D eigenvalue weighted by atomic mass is 9.89. The van der Waals surface area contributed by atoms with Crippen LogP contribution in [0.4, 0.5) is 0 Å². The summed E-state index contributed by atoms with van der Waals surface area (Å²) in [7, 11) is 0. The summed E-state index contributed by atoms with van der Waals surface area (Å²) in [6, 6.07) is 0.358. The van der Waals surface area contributed by atoms with Crippen molar-refractivity contribution in [3.8, 4) is 0 Å². The molecule has 2 fully saturated rings. The molecule has 94 valence electrons. The first-order valence-corrected chi connectivity index (χ1v) is 5.98. The van der Waals surface area contributed by atoms with Crippen LogP contribution in [-0.2, 0) is 9.47 Å². The molecule has 2 heterocycles. The molecule has 0 aromatic rings. The number of ether oxygens (including phenoxy) is 2. The van der Waals surface area contributed by atoms with Gasteiger partial charge in [0.15, 0.2) is 0 Å². The first kappa shape index (κ1) is 12.3.